The van der Waals surface area contributed by atoms with E-state index in [0.717, 1.165) is 25.7 Å². The Balaban J connectivity index is 2.04. The van der Waals surface area contributed by atoms with Crippen molar-refractivity contribution in [2.24, 2.45) is 0 Å². The van der Waals surface area contributed by atoms with Gasteiger partial charge in [-0.3, -0.25) is 0 Å². The lowest BCUT2D eigenvalue weighted by Crippen LogP contribution is -2.22. The molecule has 0 spiro atoms. The van der Waals surface area contributed by atoms with Crippen molar-refractivity contribution in [2.45, 2.75) is 46.2 Å². The van der Waals surface area contributed by atoms with Gasteiger partial charge in [0.2, 0.25) is 0 Å². The molecule has 0 aromatic heterocycles. The van der Waals surface area contributed by atoms with Gasteiger partial charge >= 0.3 is 0 Å². The summed E-state index contributed by atoms with van der Waals surface area (Å²) in [5.74, 6) is 0. The van der Waals surface area contributed by atoms with Gasteiger partial charge in [-0.2, -0.15) is 0 Å². The summed E-state index contributed by atoms with van der Waals surface area (Å²) in [5.41, 5.74) is 4.19. The first-order valence-electron chi connectivity index (χ1n) is 6.82. The fourth-order valence-electron chi connectivity index (χ4n) is 2.21. The molecule has 0 radical (unpaired) electrons. The molecule has 2 rings (SSSR count). The van der Waals surface area contributed by atoms with Gasteiger partial charge in [0, 0.05) is 31.4 Å². The van der Waals surface area contributed by atoms with Crippen LogP contribution in [0, 0.1) is 6.92 Å². The first-order valence-corrected chi connectivity index (χ1v) is 6.82. The Morgan fingerprint density at radius 3 is 2.47 bits per heavy atom. The largest absolute Gasteiger partial charge is 0.372 e. The van der Waals surface area contributed by atoms with Crippen LogP contribution in [0.1, 0.15) is 37.8 Å². The predicted octanol–water partition coefficient (Wildman–Crippen LogP) is 3.09. The number of hydrogen-bond acceptors (Lipinski definition) is 2. The number of nitrogens with zero attached hydrogens (tertiary/aromatic N) is 1. The van der Waals surface area contributed by atoms with E-state index in [1.807, 2.05) is 0 Å². The van der Waals surface area contributed by atoms with E-state index < -0.39 is 0 Å². The summed E-state index contributed by atoms with van der Waals surface area (Å²) in [6, 6.07) is 7.64. The third kappa shape index (κ3) is 3.22. The standard InChI is InChI=1S/C15H24N2/c1-4-17(5-2)15-9-6-13(12(3)10-15)11-16-14-7-8-14/h6,9-10,14,16H,4-5,7-8,11H2,1-3H3. The van der Waals surface area contributed by atoms with Gasteiger partial charge in [-0.15, -0.1) is 0 Å². The molecular formula is C15H24N2. The van der Waals surface area contributed by atoms with Crippen LogP contribution in [0.2, 0.25) is 0 Å². The maximum Gasteiger partial charge on any atom is 0.0368 e. The van der Waals surface area contributed by atoms with Crippen LogP contribution in [0.25, 0.3) is 0 Å². The van der Waals surface area contributed by atoms with Crippen LogP contribution in [-0.2, 0) is 6.54 Å². The van der Waals surface area contributed by atoms with Gasteiger partial charge in [0.15, 0.2) is 0 Å². The molecule has 0 unspecified atom stereocenters. The predicted molar refractivity (Wildman–Crippen MR) is 74.6 cm³/mol. The molecule has 0 amide bonds. The molecule has 1 aliphatic rings. The average Bonchev–Trinajstić information content (AvgIpc) is 3.13. The van der Waals surface area contributed by atoms with Crippen molar-refractivity contribution in [1.29, 1.82) is 0 Å². The zero-order chi connectivity index (χ0) is 12.3. The maximum absolute atomic E-state index is 3.58. The highest BCUT2D eigenvalue weighted by atomic mass is 15.1. The Bertz CT molecular complexity index is 365. The molecule has 2 nitrogen and oxygen atoms in total. The smallest absolute Gasteiger partial charge is 0.0368 e. The molecule has 0 bridgehead atoms. The Hall–Kier alpha value is -1.02. The lowest BCUT2D eigenvalue weighted by molar-refractivity contribution is 0.685. The van der Waals surface area contributed by atoms with E-state index in [-0.39, 0.29) is 0 Å². The van der Waals surface area contributed by atoms with E-state index in [4.69, 9.17) is 0 Å². The molecule has 1 N–H and O–H groups in total. The minimum atomic E-state index is 0.789. The Kier molecular flexibility index (Phi) is 4.06. The van der Waals surface area contributed by atoms with Crippen molar-refractivity contribution in [3.8, 4) is 0 Å². The summed E-state index contributed by atoms with van der Waals surface area (Å²) >= 11 is 0. The van der Waals surface area contributed by atoms with Crippen LogP contribution in [-0.4, -0.2) is 19.1 Å². The van der Waals surface area contributed by atoms with E-state index in [1.165, 1.54) is 29.7 Å². The first kappa shape index (κ1) is 12.4. The summed E-state index contributed by atoms with van der Waals surface area (Å²) < 4.78 is 0. The average molecular weight is 232 g/mol. The summed E-state index contributed by atoms with van der Waals surface area (Å²) in [7, 11) is 0. The van der Waals surface area contributed by atoms with Crippen molar-refractivity contribution < 1.29 is 0 Å². The van der Waals surface area contributed by atoms with Crippen molar-refractivity contribution in [3.63, 3.8) is 0 Å². The molecule has 0 saturated heterocycles. The number of hydrogen-bond donors (Lipinski definition) is 1. The summed E-state index contributed by atoms with van der Waals surface area (Å²) in [6.07, 6.45) is 2.72. The molecule has 1 saturated carbocycles. The Morgan fingerprint density at radius 1 is 1.24 bits per heavy atom. The second kappa shape index (κ2) is 5.54. The zero-order valence-electron chi connectivity index (χ0n) is 11.3. The van der Waals surface area contributed by atoms with Crippen molar-refractivity contribution in [3.05, 3.63) is 29.3 Å². The highest BCUT2D eigenvalue weighted by Gasteiger charge is 2.20. The van der Waals surface area contributed by atoms with Gasteiger partial charge in [-0.05, 0) is 56.9 Å². The van der Waals surface area contributed by atoms with Gasteiger partial charge in [-0.25, -0.2) is 0 Å². The summed E-state index contributed by atoms with van der Waals surface area (Å²) in [6.45, 7) is 9.82. The van der Waals surface area contributed by atoms with Crippen molar-refractivity contribution in [1.82, 2.24) is 5.32 Å². The van der Waals surface area contributed by atoms with Crippen molar-refractivity contribution in [2.75, 3.05) is 18.0 Å². The molecule has 1 aromatic carbocycles. The minimum Gasteiger partial charge on any atom is -0.372 e. The molecule has 17 heavy (non-hydrogen) atoms. The normalized spacial score (nSPS) is 15.0. The quantitative estimate of drug-likeness (QED) is 0.811. The first-order chi connectivity index (χ1) is 8.24. The number of benzene rings is 1. The monoisotopic (exact) mass is 232 g/mol. The fraction of sp³-hybridized carbons (Fsp3) is 0.600. The molecule has 1 aliphatic carbocycles. The van der Waals surface area contributed by atoms with E-state index in [0.29, 0.717) is 0 Å². The molecule has 0 atom stereocenters. The number of anilines is 1. The third-order valence-electron chi connectivity index (χ3n) is 3.61. The van der Waals surface area contributed by atoms with Gasteiger partial charge in [0.25, 0.3) is 0 Å². The molecule has 1 aromatic rings. The molecule has 1 fully saturated rings. The van der Waals surface area contributed by atoms with E-state index in [2.05, 4.69) is 49.2 Å². The molecule has 2 heteroatoms. The zero-order valence-corrected chi connectivity index (χ0v) is 11.3. The van der Waals surface area contributed by atoms with Gasteiger partial charge < -0.3 is 10.2 Å². The molecule has 0 aliphatic heterocycles. The topological polar surface area (TPSA) is 15.3 Å². The van der Waals surface area contributed by atoms with Gasteiger partial charge in [0.1, 0.15) is 0 Å². The van der Waals surface area contributed by atoms with Crippen molar-refractivity contribution >= 4 is 5.69 Å². The molecule has 94 valence electrons. The minimum absolute atomic E-state index is 0.789. The van der Waals surface area contributed by atoms with Crippen LogP contribution in [0.15, 0.2) is 18.2 Å². The second-order valence-electron chi connectivity index (χ2n) is 4.94. The highest BCUT2D eigenvalue weighted by Crippen LogP contribution is 2.22. The highest BCUT2D eigenvalue weighted by molar-refractivity contribution is 5.50. The number of rotatable bonds is 6. The SMILES string of the molecule is CCN(CC)c1ccc(CNC2CC2)c(C)c1. The summed E-state index contributed by atoms with van der Waals surface area (Å²) in [4.78, 5) is 2.39. The number of aryl methyl sites for hydroxylation is 1. The maximum atomic E-state index is 3.58. The summed E-state index contributed by atoms with van der Waals surface area (Å²) in [5, 5.41) is 3.58. The lowest BCUT2D eigenvalue weighted by Gasteiger charge is -2.22. The van der Waals surface area contributed by atoms with Crippen LogP contribution in [0.3, 0.4) is 0 Å². The fourth-order valence-corrected chi connectivity index (χ4v) is 2.21. The van der Waals surface area contributed by atoms with Crippen LogP contribution in [0.4, 0.5) is 5.69 Å². The van der Waals surface area contributed by atoms with E-state index in [9.17, 15) is 0 Å². The Morgan fingerprint density at radius 2 is 1.94 bits per heavy atom. The molecular weight excluding hydrogens is 208 g/mol. The second-order valence-corrected chi connectivity index (χ2v) is 4.94. The Labute approximate surface area is 105 Å². The van der Waals surface area contributed by atoms with E-state index in [1.54, 1.807) is 0 Å². The van der Waals surface area contributed by atoms with Crippen LogP contribution in [0.5, 0.6) is 0 Å². The van der Waals surface area contributed by atoms with Crippen LogP contribution < -0.4 is 10.2 Å². The van der Waals surface area contributed by atoms with Crippen LogP contribution >= 0.6 is 0 Å². The van der Waals surface area contributed by atoms with Gasteiger partial charge in [0.05, 0.1) is 0 Å². The lowest BCUT2D eigenvalue weighted by atomic mass is 10.1. The van der Waals surface area contributed by atoms with Gasteiger partial charge in [-0.1, -0.05) is 6.07 Å². The van der Waals surface area contributed by atoms with E-state index >= 15 is 0 Å². The third-order valence-corrected chi connectivity index (χ3v) is 3.61. The number of nitrogens with one attached hydrogen (secondary N) is 1. The molecule has 0 heterocycles.